The molecule has 0 aliphatic heterocycles. The van der Waals surface area contributed by atoms with Gasteiger partial charge in [0.1, 0.15) is 0 Å². The van der Waals surface area contributed by atoms with Gasteiger partial charge in [-0.1, -0.05) is 31.4 Å². The largest absolute Gasteiger partial charge is 0.313 e. The van der Waals surface area contributed by atoms with E-state index >= 15 is 0 Å². The Morgan fingerprint density at radius 2 is 2.29 bits per heavy atom. The summed E-state index contributed by atoms with van der Waals surface area (Å²) in [5, 5.41) is 3.50. The van der Waals surface area contributed by atoms with Crippen LogP contribution >= 0.6 is 0 Å². The fraction of sp³-hybridized carbons (Fsp3) is 0.846. The van der Waals surface area contributed by atoms with E-state index in [4.69, 9.17) is 0 Å². The molecule has 1 saturated carbocycles. The summed E-state index contributed by atoms with van der Waals surface area (Å²) in [6.45, 7) is 4.47. The molecule has 0 spiro atoms. The maximum absolute atomic E-state index is 3.50. The minimum atomic E-state index is 0.667. The second kappa shape index (κ2) is 6.23. The zero-order chi connectivity index (χ0) is 10.4. The van der Waals surface area contributed by atoms with Crippen molar-refractivity contribution in [2.24, 2.45) is 5.92 Å². The smallest absolute Gasteiger partial charge is 0.0304 e. The Morgan fingerprint density at radius 1 is 1.50 bits per heavy atom. The number of rotatable bonds is 4. The summed E-state index contributed by atoms with van der Waals surface area (Å²) in [5.41, 5.74) is 1.64. The molecule has 2 unspecified atom stereocenters. The molecule has 1 fully saturated rings. The average molecular weight is 195 g/mol. The van der Waals surface area contributed by atoms with Crippen LogP contribution in [-0.2, 0) is 0 Å². The van der Waals surface area contributed by atoms with Crippen LogP contribution in [0.25, 0.3) is 0 Å². The summed E-state index contributed by atoms with van der Waals surface area (Å²) in [6.07, 6.45) is 10.6. The first-order valence-corrected chi connectivity index (χ1v) is 6.15. The number of allylic oxidation sites excluding steroid dienone is 1. The van der Waals surface area contributed by atoms with E-state index in [1.807, 2.05) is 0 Å². The number of unbranched alkanes of at least 4 members (excludes halogenated alkanes) is 1. The second-order valence-corrected chi connectivity index (χ2v) is 4.42. The number of likely N-dealkylation sites (N-methyl/N-ethyl adjacent to an activating group) is 1. The molecule has 0 heterocycles. The third-order valence-corrected chi connectivity index (χ3v) is 3.52. The van der Waals surface area contributed by atoms with Crippen LogP contribution in [0, 0.1) is 5.92 Å². The fourth-order valence-corrected chi connectivity index (χ4v) is 2.72. The predicted octanol–water partition coefficient (Wildman–Crippen LogP) is 3.51. The van der Waals surface area contributed by atoms with Crippen molar-refractivity contribution in [1.29, 1.82) is 0 Å². The monoisotopic (exact) mass is 195 g/mol. The van der Waals surface area contributed by atoms with Crippen LogP contribution in [0.5, 0.6) is 0 Å². The number of nitrogens with one attached hydrogen (secondary N) is 1. The van der Waals surface area contributed by atoms with E-state index in [9.17, 15) is 0 Å². The van der Waals surface area contributed by atoms with Crippen LogP contribution in [0.15, 0.2) is 11.6 Å². The van der Waals surface area contributed by atoms with Gasteiger partial charge in [0.15, 0.2) is 0 Å². The topological polar surface area (TPSA) is 12.0 Å². The molecule has 0 saturated heterocycles. The van der Waals surface area contributed by atoms with Crippen molar-refractivity contribution in [2.45, 2.75) is 58.4 Å². The SMILES string of the molecule is C/C=C1\CCCC(CCCC)C1NC. The van der Waals surface area contributed by atoms with Crippen LogP contribution in [0.4, 0.5) is 0 Å². The Kier molecular flexibility index (Phi) is 5.24. The first-order chi connectivity index (χ1) is 6.83. The van der Waals surface area contributed by atoms with Crippen molar-refractivity contribution in [3.8, 4) is 0 Å². The lowest BCUT2D eigenvalue weighted by atomic mass is 9.78. The summed E-state index contributed by atoms with van der Waals surface area (Å²) in [7, 11) is 2.11. The second-order valence-electron chi connectivity index (χ2n) is 4.42. The molecule has 0 aromatic carbocycles. The molecular weight excluding hydrogens is 170 g/mol. The van der Waals surface area contributed by atoms with Gasteiger partial charge in [0.25, 0.3) is 0 Å². The molecule has 0 aromatic rings. The van der Waals surface area contributed by atoms with Crippen LogP contribution in [0.3, 0.4) is 0 Å². The Hall–Kier alpha value is -0.300. The van der Waals surface area contributed by atoms with Gasteiger partial charge < -0.3 is 5.32 Å². The van der Waals surface area contributed by atoms with Gasteiger partial charge in [-0.2, -0.15) is 0 Å². The standard InChI is InChI=1S/C13H25N/c1-4-6-8-12-10-7-9-11(5-2)13(12)14-3/h5,12-14H,4,6-10H2,1-3H3/b11-5+. The normalized spacial score (nSPS) is 30.9. The zero-order valence-corrected chi connectivity index (χ0v) is 9.97. The van der Waals surface area contributed by atoms with Crippen molar-refractivity contribution >= 4 is 0 Å². The molecule has 1 nitrogen and oxygen atoms in total. The van der Waals surface area contributed by atoms with E-state index < -0.39 is 0 Å². The van der Waals surface area contributed by atoms with Crippen LogP contribution < -0.4 is 5.32 Å². The predicted molar refractivity (Wildman–Crippen MR) is 63.5 cm³/mol. The highest BCUT2D eigenvalue weighted by molar-refractivity contribution is 5.14. The molecule has 1 aliphatic rings. The Morgan fingerprint density at radius 3 is 2.86 bits per heavy atom. The highest BCUT2D eigenvalue weighted by atomic mass is 14.9. The van der Waals surface area contributed by atoms with Gasteiger partial charge in [-0.3, -0.25) is 0 Å². The molecule has 82 valence electrons. The Balaban J connectivity index is 2.54. The first kappa shape index (κ1) is 11.8. The van der Waals surface area contributed by atoms with Crippen molar-refractivity contribution in [3.05, 3.63) is 11.6 Å². The first-order valence-electron chi connectivity index (χ1n) is 6.15. The van der Waals surface area contributed by atoms with Gasteiger partial charge in [0.05, 0.1) is 0 Å². The van der Waals surface area contributed by atoms with Gasteiger partial charge in [-0.05, 0) is 45.6 Å². The van der Waals surface area contributed by atoms with Gasteiger partial charge in [0.2, 0.25) is 0 Å². The molecule has 0 radical (unpaired) electrons. The minimum absolute atomic E-state index is 0.667. The van der Waals surface area contributed by atoms with Gasteiger partial charge >= 0.3 is 0 Å². The van der Waals surface area contributed by atoms with E-state index in [-0.39, 0.29) is 0 Å². The molecule has 2 atom stereocenters. The van der Waals surface area contributed by atoms with Crippen molar-refractivity contribution in [2.75, 3.05) is 7.05 Å². The van der Waals surface area contributed by atoms with Crippen molar-refractivity contribution in [1.82, 2.24) is 5.32 Å². The van der Waals surface area contributed by atoms with Gasteiger partial charge in [-0.15, -0.1) is 0 Å². The maximum atomic E-state index is 3.50. The summed E-state index contributed by atoms with van der Waals surface area (Å²) in [6, 6.07) is 0.667. The highest BCUT2D eigenvalue weighted by Gasteiger charge is 2.26. The van der Waals surface area contributed by atoms with Gasteiger partial charge in [-0.25, -0.2) is 0 Å². The summed E-state index contributed by atoms with van der Waals surface area (Å²) in [5.74, 6) is 0.889. The average Bonchev–Trinajstić information content (AvgIpc) is 2.25. The quantitative estimate of drug-likeness (QED) is 0.677. The van der Waals surface area contributed by atoms with E-state index in [2.05, 4.69) is 32.3 Å². The Bertz CT molecular complexity index is 184. The van der Waals surface area contributed by atoms with E-state index in [1.165, 1.54) is 38.5 Å². The van der Waals surface area contributed by atoms with Gasteiger partial charge in [0, 0.05) is 6.04 Å². The van der Waals surface area contributed by atoms with Crippen LogP contribution in [0.1, 0.15) is 52.4 Å². The summed E-state index contributed by atoms with van der Waals surface area (Å²) >= 11 is 0. The molecule has 1 aliphatic carbocycles. The molecule has 1 heteroatoms. The van der Waals surface area contributed by atoms with Crippen LogP contribution in [0.2, 0.25) is 0 Å². The Labute approximate surface area is 89.0 Å². The molecule has 1 N–H and O–H groups in total. The highest BCUT2D eigenvalue weighted by Crippen LogP contribution is 2.31. The minimum Gasteiger partial charge on any atom is -0.313 e. The van der Waals surface area contributed by atoms with Crippen molar-refractivity contribution < 1.29 is 0 Å². The van der Waals surface area contributed by atoms with E-state index in [0.717, 1.165) is 5.92 Å². The van der Waals surface area contributed by atoms with E-state index in [1.54, 1.807) is 5.57 Å². The number of hydrogen-bond acceptors (Lipinski definition) is 1. The van der Waals surface area contributed by atoms with E-state index in [0.29, 0.717) is 6.04 Å². The fourth-order valence-electron chi connectivity index (χ4n) is 2.72. The molecule has 14 heavy (non-hydrogen) atoms. The lowest BCUT2D eigenvalue weighted by Gasteiger charge is -2.34. The summed E-state index contributed by atoms with van der Waals surface area (Å²) in [4.78, 5) is 0. The molecular formula is C13H25N. The molecule has 0 amide bonds. The lowest BCUT2D eigenvalue weighted by molar-refractivity contribution is 0.309. The van der Waals surface area contributed by atoms with Crippen molar-refractivity contribution in [3.63, 3.8) is 0 Å². The third-order valence-electron chi connectivity index (χ3n) is 3.52. The maximum Gasteiger partial charge on any atom is 0.0304 e. The van der Waals surface area contributed by atoms with Crippen LogP contribution in [-0.4, -0.2) is 13.1 Å². The number of hydrogen-bond donors (Lipinski definition) is 1. The molecule has 0 aromatic heterocycles. The summed E-state index contributed by atoms with van der Waals surface area (Å²) < 4.78 is 0. The zero-order valence-electron chi connectivity index (χ0n) is 9.97. The lowest BCUT2D eigenvalue weighted by Crippen LogP contribution is -2.38. The third kappa shape index (κ3) is 2.84. The molecule has 1 rings (SSSR count). The molecule has 0 bridgehead atoms.